The highest BCUT2D eigenvalue weighted by molar-refractivity contribution is 5.94. The Hall–Kier alpha value is -3.19. The number of aromatic nitrogens is 2. The van der Waals surface area contributed by atoms with Crippen molar-refractivity contribution in [3.63, 3.8) is 0 Å². The van der Waals surface area contributed by atoms with Crippen molar-refractivity contribution in [3.8, 4) is 16.9 Å². The molecule has 0 radical (unpaired) electrons. The average molecular weight is 419 g/mol. The van der Waals surface area contributed by atoms with Crippen LogP contribution in [0.25, 0.3) is 11.1 Å². The molecule has 0 spiro atoms. The summed E-state index contributed by atoms with van der Waals surface area (Å²) >= 11 is 0. The van der Waals surface area contributed by atoms with Gasteiger partial charge in [-0.2, -0.15) is 0 Å². The third kappa shape index (κ3) is 4.46. The molecule has 7 heteroatoms. The van der Waals surface area contributed by atoms with Crippen molar-refractivity contribution in [2.75, 3.05) is 18.5 Å². The van der Waals surface area contributed by atoms with Gasteiger partial charge < -0.3 is 19.2 Å². The van der Waals surface area contributed by atoms with Gasteiger partial charge in [-0.25, -0.2) is 9.97 Å². The zero-order chi connectivity index (χ0) is 21.2. The lowest BCUT2D eigenvalue weighted by Gasteiger charge is -2.24. The van der Waals surface area contributed by atoms with E-state index in [4.69, 9.17) is 13.9 Å². The average Bonchev–Trinajstić information content (AvgIpc) is 3.41. The Morgan fingerprint density at radius 1 is 1.16 bits per heavy atom. The summed E-state index contributed by atoms with van der Waals surface area (Å²) in [5.41, 5.74) is 3.13. The van der Waals surface area contributed by atoms with Crippen molar-refractivity contribution in [1.82, 2.24) is 9.97 Å². The predicted molar refractivity (Wildman–Crippen MR) is 115 cm³/mol. The SMILES string of the molecule is Cc1cc(-c2ccnc(NC(=O)[C@@H]3C[C@H]3c3cnco3)c2)ccc1OC1CCOCC1. The van der Waals surface area contributed by atoms with Crippen LogP contribution < -0.4 is 10.1 Å². The fraction of sp³-hybridized carbons (Fsp3) is 0.375. The van der Waals surface area contributed by atoms with Crippen molar-refractivity contribution < 1.29 is 18.7 Å². The Labute approximate surface area is 180 Å². The van der Waals surface area contributed by atoms with Gasteiger partial charge in [0.15, 0.2) is 6.39 Å². The van der Waals surface area contributed by atoms with Crippen LogP contribution in [0.5, 0.6) is 5.75 Å². The number of benzene rings is 1. The largest absolute Gasteiger partial charge is 0.490 e. The zero-order valence-electron chi connectivity index (χ0n) is 17.4. The number of pyridine rings is 1. The Morgan fingerprint density at radius 3 is 2.77 bits per heavy atom. The second kappa shape index (κ2) is 8.51. The molecule has 0 unspecified atom stereocenters. The molecule has 1 aliphatic carbocycles. The van der Waals surface area contributed by atoms with Gasteiger partial charge in [0.1, 0.15) is 23.4 Å². The number of oxazole rings is 1. The van der Waals surface area contributed by atoms with E-state index >= 15 is 0 Å². The van der Waals surface area contributed by atoms with Crippen molar-refractivity contribution in [2.45, 2.75) is 38.2 Å². The van der Waals surface area contributed by atoms with Gasteiger partial charge in [-0.3, -0.25) is 4.79 Å². The van der Waals surface area contributed by atoms with E-state index in [0.29, 0.717) is 5.82 Å². The van der Waals surface area contributed by atoms with Crippen molar-refractivity contribution >= 4 is 11.7 Å². The van der Waals surface area contributed by atoms with Gasteiger partial charge in [-0.1, -0.05) is 6.07 Å². The van der Waals surface area contributed by atoms with Crippen LogP contribution >= 0.6 is 0 Å². The summed E-state index contributed by atoms with van der Waals surface area (Å²) in [5.74, 6) is 2.19. The molecule has 1 N–H and O–H groups in total. The molecule has 2 atom stereocenters. The molecule has 1 aromatic carbocycles. The molecule has 31 heavy (non-hydrogen) atoms. The molecule has 2 fully saturated rings. The van der Waals surface area contributed by atoms with E-state index in [1.807, 2.05) is 24.3 Å². The number of anilines is 1. The van der Waals surface area contributed by atoms with Crippen molar-refractivity contribution in [3.05, 3.63) is 60.4 Å². The van der Waals surface area contributed by atoms with Crippen LogP contribution in [0.3, 0.4) is 0 Å². The number of hydrogen-bond acceptors (Lipinski definition) is 6. The zero-order valence-corrected chi connectivity index (χ0v) is 17.4. The normalized spacial score (nSPS) is 20.9. The van der Waals surface area contributed by atoms with Gasteiger partial charge in [-0.15, -0.1) is 0 Å². The number of rotatable bonds is 6. The molecule has 1 amide bonds. The molecule has 1 aliphatic heterocycles. The van der Waals surface area contributed by atoms with Gasteiger partial charge in [0.05, 0.1) is 19.4 Å². The molecule has 3 aromatic rings. The summed E-state index contributed by atoms with van der Waals surface area (Å²) < 4.78 is 16.9. The van der Waals surface area contributed by atoms with Gasteiger partial charge >= 0.3 is 0 Å². The summed E-state index contributed by atoms with van der Waals surface area (Å²) in [4.78, 5) is 20.8. The lowest BCUT2D eigenvalue weighted by atomic mass is 10.0. The molecule has 1 saturated carbocycles. The first-order valence-corrected chi connectivity index (χ1v) is 10.7. The molecule has 5 rings (SSSR count). The number of ether oxygens (including phenoxy) is 2. The van der Waals surface area contributed by atoms with Crippen LogP contribution in [0, 0.1) is 12.8 Å². The fourth-order valence-electron chi connectivity index (χ4n) is 4.04. The first-order valence-electron chi connectivity index (χ1n) is 10.7. The summed E-state index contributed by atoms with van der Waals surface area (Å²) in [6.07, 6.45) is 7.62. The molecular formula is C24H25N3O4. The minimum Gasteiger partial charge on any atom is -0.490 e. The Balaban J connectivity index is 1.25. The Morgan fingerprint density at radius 2 is 2.00 bits per heavy atom. The fourth-order valence-corrected chi connectivity index (χ4v) is 4.04. The second-order valence-corrected chi connectivity index (χ2v) is 8.18. The van der Waals surface area contributed by atoms with Crippen molar-refractivity contribution in [2.24, 2.45) is 5.92 Å². The van der Waals surface area contributed by atoms with Crippen LogP contribution in [0.2, 0.25) is 0 Å². The maximum atomic E-state index is 12.6. The van der Waals surface area contributed by atoms with Crippen LogP contribution in [0.1, 0.15) is 36.5 Å². The molecule has 0 bridgehead atoms. The summed E-state index contributed by atoms with van der Waals surface area (Å²) in [5, 5.41) is 2.94. The monoisotopic (exact) mass is 419 g/mol. The topological polar surface area (TPSA) is 86.5 Å². The van der Waals surface area contributed by atoms with Crippen molar-refractivity contribution in [1.29, 1.82) is 0 Å². The van der Waals surface area contributed by atoms with E-state index in [9.17, 15) is 4.79 Å². The van der Waals surface area contributed by atoms with Crippen LogP contribution in [-0.4, -0.2) is 35.2 Å². The van der Waals surface area contributed by atoms with Gasteiger partial charge in [0.25, 0.3) is 0 Å². The van der Waals surface area contributed by atoms with E-state index in [0.717, 1.165) is 60.7 Å². The second-order valence-electron chi connectivity index (χ2n) is 8.18. The van der Waals surface area contributed by atoms with E-state index in [-0.39, 0.29) is 23.8 Å². The maximum Gasteiger partial charge on any atom is 0.229 e. The van der Waals surface area contributed by atoms with E-state index in [2.05, 4.69) is 28.3 Å². The molecule has 7 nitrogen and oxygen atoms in total. The lowest BCUT2D eigenvalue weighted by molar-refractivity contribution is -0.117. The number of carbonyl (C=O) groups excluding carboxylic acids is 1. The smallest absolute Gasteiger partial charge is 0.229 e. The van der Waals surface area contributed by atoms with Crippen LogP contribution in [0.4, 0.5) is 5.82 Å². The predicted octanol–water partition coefficient (Wildman–Crippen LogP) is 4.35. The molecule has 1 saturated heterocycles. The van der Waals surface area contributed by atoms with E-state index < -0.39 is 0 Å². The Bertz CT molecular complexity index is 1060. The number of nitrogens with zero attached hydrogens (tertiary/aromatic N) is 2. The van der Waals surface area contributed by atoms with Gasteiger partial charge in [0, 0.05) is 30.9 Å². The molecular weight excluding hydrogens is 394 g/mol. The first kappa shape index (κ1) is 19.8. The van der Waals surface area contributed by atoms with Crippen LogP contribution in [-0.2, 0) is 9.53 Å². The molecule has 160 valence electrons. The summed E-state index contributed by atoms with van der Waals surface area (Å²) in [6, 6.07) is 10.0. The highest BCUT2D eigenvalue weighted by Crippen LogP contribution is 2.47. The standard InChI is InChI=1S/C24H25N3O4/c1-15-10-16(2-3-21(15)31-18-5-8-29-9-6-18)17-4-7-26-23(11-17)27-24(28)20-12-19(20)22-13-25-14-30-22/h2-4,7,10-11,13-14,18-20H,5-6,8-9,12H2,1H3,(H,26,27,28)/t19-,20-/m1/s1. The minimum atomic E-state index is -0.0951. The van der Waals surface area contributed by atoms with Crippen LogP contribution in [0.15, 0.2) is 53.5 Å². The van der Waals surface area contributed by atoms with E-state index in [1.165, 1.54) is 6.39 Å². The maximum absolute atomic E-state index is 12.6. The molecule has 2 aromatic heterocycles. The third-order valence-electron chi connectivity index (χ3n) is 5.93. The summed E-state index contributed by atoms with van der Waals surface area (Å²) in [6.45, 7) is 3.57. The lowest BCUT2D eigenvalue weighted by Crippen LogP contribution is -2.26. The molecule has 3 heterocycles. The number of hydrogen-bond donors (Lipinski definition) is 1. The number of aryl methyl sites for hydroxylation is 1. The Kier molecular flexibility index (Phi) is 5.42. The van der Waals surface area contributed by atoms with E-state index in [1.54, 1.807) is 12.4 Å². The number of amides is 1. The number of carbonyl (C=O) groups is 1. The first-order chi connectivity index (χ1) is 15.2. The highest BCUT2D eigenvalue weighted by atomic mass is 16.5. The highest BCUT2D eigenvalue weighted by Gasteiger charge is 2.46. The summed E-state index contributed by atoms with van der Waals surface area (Å²) in [7, 11) is 0. The third-order valence-corrected chi connectivity index (χ3v) is 5.93. The molecule has 2 aliphatic rings. The minimum absolute atomic E-state index is 0.0394. The quantitative estimate of drug-likeness (QED) is 0.639. The van der Waals surface area contributed by atoms with Gasteiger partial charge in [0.2, 0.25) is 5.91 Å². The van der Waals surface area contributed by atoms with Gasteiger partial charge in [-0.05, 0) is 54.3 Å². The number of nitrogens with one attached hydrogen (secondary N) is 1.